The van der Waals surface area contributed by atoms with Gasteiger partial charge in [0.2, 0.25) is 0 Å². The highest BCUT2D eigenvalue weighted by Crippen LogP contribution is 2.27. The van der Waals surface area contributed by atoms with Crippen LogP contribution in [0.1, 0.15) is 118 Å². The van der Waals surface area contributed by atoms with E-state index >= 15 is 0 Å². The summed E-state index contributed by atoms with van der Waals surface area (Å²) in [6.45, 7) is 25.7. The molecule has 278 valence electrons. The van der Waals surface area contributed by atoms with Crippen molar-refractivity contribution in [3.05, 3.63) is 146 Å². The molecule has 5 aromatic rings. The van der Waals surface area contributed by atoms with Gasteiger partial charge in [-0.3, -0.25) is 19.6 Å². The number of hydrogen-bond acceptors (Lipinski definition) is 7. The summed E-state index contributed by atoms with van der Waals surface area (Å²) in [6.07, 6.45) is 0. The Balaban J connectivity index is 0.000000345. The zero-order valence-electron chi connectivity index (χ0n) is 33.1. The molecule has 0 aliphatic carbocycles. The molecule has 0 fully saturated rings. The number of benzene rings is 3. The van der Waals surface area contributed by atoms with Crippen LogP contribution in [0.3, 0.4) is 0 Å². The van der Waals surface area contributed by atoms with Crippen molar-refractivity contribution < 1.29 is 9.59 Å². The number of aliphatic imine (C=N–C) groups is 2. The number of aryl methyl sites for hydroxylation is 9. The number of carbonyl (C=O) groups is 2. The Morgan fingerprint density at radius 3 is 1.04 bits per heavy atom. The Morgan fingerprint density at radius 1 is 0.472 bits per heavy atom. The van der Waals surface area contributed by atoms with Crippen LogP contribution < -0.4 is 5.73 Å². The Bertz CT molecular complexity index is 1990. The zero-order valence-corrected chi connectivity index (χ0v) is 33.1. The molecule has 0 radical (unpaired) electrons. The van der Waals surface area contributed by atoms with Crippen molar-refractivity contribution in [3.8, 4) is 0 Å². The minimum absolute atomic E-state index is 0. The van der Waals surface area contributed by atoms with E-state index in [9.17, 15) is 9.59 Å². The van der Waals surface area contributed by atoms with Crippen LogP contribution in [-0.4, -0.2) is 33.0 Å². The number of Topliss-reactive ketones (excluding diaryl/α,β-unsaturated/α-hetero) is 2. The predicted octanol–water partition coefficient (Wildman–Crippen LogP) is 11.5. The van der Waals surface area contributed by atoms with Crippen LogP contribution in [0.2, 0.25) is 0 Å². The first-order chi connectivity index (χ1) is 24.4. The molecule has 7 heteroatoms. The van der Waals surface area contributed by atoms with E-state index in [0.717, 1.165) is 39.9 Å². The van der Waals surface area contributed by atoms with Gasteiger partial charge in [0.15, 0.2) is 11.6 Å². The summed E-state index contributed by atoms with van der Waals surface area (Å²) in [4.78, 5) is 40.2. The Hall–Kier alpha value is -5.56. The Labute approximate surface area is 317 Å². The predicted molar refractivity (Wildman–Crippen MR) is 225 cm³/mol. The maximum Gasteiger partial charge on any atom is 0.178 e. The number of nitrogens with two attached hydrogens (primary N) is 1. The molecular formula is C46H57N5O2. The molecule has 0 saturated heterocycles. The molecule has 0 bridgehead atoms. The molecule has 53 heavy (non-hydrogen) atoms. The number of nitrogen functional groups attached to an aromatic ring is 1. The lowest BCUT2D eigenvalue weighted by atomic mass is 10.0. The molecule has 0 amide bonds. The number of anilines is 1. The van der Waals surface area contributed by atoms with Gasteiger partial charge in [0.25, 0.3) is 0 Å². The highest BCUT2D eigenvalue weighted by molar-refractivity contribution is 6.02. The molecule has 0 saturated carbocycles. The van der Waals surface area contributed by atoms with Crippen LogP contribution in [0.25, 0.3) is 0 Å². The highest BCUT2D eigenvalue weighted by atomic mass is 16.1. The van der Waals surface area contributed by atoms with E-state index in [1.165, 1.54) is 63.9 Å². The topological polar surface area (TPSA) is 111 Å². The summed E-state index contributed by atoms with van der Waals surface area (Å²) in [5.41, 5.74) is 23.9. The summed E-state index contributed by atoms with van der Waals surface area (Å²) < 4.78 is 0. The second kappa shape index (κ2) is 19.3. The molecule has 0 unspecified atom stereocenters. The Morgan fingerprint density at radius 2 is 0.736 bits per heavy atom. The Kier molecular flexibility index (Phi) is 15.9. The van der Waals surface area contributed by atoms with Crippen LogP contribution in [0.15, 0.2) is 82.8 Å². The second-order valence-electron chi connectivity index (χ2n) is 13.6. The van der Waals surface area contributed by atoms with Gasteiger partial charge < -0.3 is 5.73 Å². The normalized spacial score (nSPS) is 11.0. The standard InChI is InChI=1S/C27H31N3.C9H9NO2.C9H13N.CH4/c1-16-12-18(3)26(19(4)13-16)28-22(7)24-10-9-11-25(30-24)23(8)29-27-20(5)14-17(2)15-21(27)6;1-6(11)8-4-3-5-9(10-8)7(2)12;1-6-4-7(2)9(10)8(3)5-6;/h9-15H,1-8H3;3-5H,1-2H3;4-5H,10H2,1-3H3;1H4. The maximum atomic E-state index is 10.8. The van der Waals surface area contributed by atoms with Crippen LogP contribution in [0, 0.1) is 62.3 Å². The van der Waals surface area contributed by atoms with Crippen LogP contribution >= 0.6 is 0 Å². The molecule has 0 atom stereocenters. The number of nitrogens with zero attached hydrogens (tertiary/aromatic N) is 4. The van der Waals surface area contributed by atoms with Crippen molar-refractivity contribution in [2.45, 2.75) is 97.4 Å². The molecule has 0 spiro atoms. The molecular weight excluding hydrogens is 655 g/mol. The van der Waals surface area contributed by atoms with Gasteiger partial charge in [0, 0.05) is 19.5 Å². The lowest BCUT2D eigenvalue weighted by Gasteiger charge is -2.10. The maximum absolute atomic E-state index is 10.8. The minimum atomic E-state index is -0.127. The summed E-state index contributed by atoms with van der Waals surface area (Å²) in [7, 11) is 0. The van der Waals surface area contributed by atoms with Crippen molar-refractivity contribution in [1.29, 1.82) is 0 Å². The summed E-state index contributed by atoms with van der Waals surface area (Å²) in [5, 5.41) is 0. The highest BCUT2D eigenvalue weighted by Gasteiger charge is 2.10. The number of pyridine rings is 2. The van der Waals surface area contributed by atoms with Gasteiger partial charge in [-0.15, -0.1) is 0 Å². The molecule has 5 rings (SSSR count). The van der Waals surface area contributed by atoms with E-state index < -0.39 is 0 Å². The smallest absolute Gasteiger partial charge is 0.178 e. The SMILES string of the molecule is C.CC(=Nc1c(C)cc(C)cc1C)c1cccc(C(C)=Nc2c(C)cc(C)cc2C)n1.CC(=O)c1cccc(C(C)=O)n1.Cc1cc(C)c(N)c(C)c1. The first kappa shape index (κ1) is 43.6. The van der Waals surface area contributed by atoms with Gasteiger partial charge in [0.1, 0.15) is 11.4 Å². The van der Waals surface area contributed by atoms with Gasteiger partial charge in [0.05, 0.1) is 34.2 Å². The average molecular weight is 712 g/mol. The fourth-order valence-electron chi connectivity index (χ4n) is 6.00. The third-order valence-electron chi connectivity index (χ3n) is 8.53. The molecule has 2 N–H and O–H groups in total. The van der Waals surface area contributed by atoms with Crippen molar-refractivity contribution in [2.75, 3.05) is 5.73 Å². The lowest BCUT2D eigenvalue weighted by Crippen LogP contribution is -2.05. The number of ketones is 2. The molecule has 0 aliphatic heterocycles. The number of carbonyl (C=O) groups excluding carboxylic acids is 2. The fraction of sp³-hybridized carbons (Fsp3) is 0.304. The fourth-order valence-corrected chi connectivity index (χ4v) is 6.00. The van der Waals surface area contributed by atoms with E-state index in [2.05, 4.69) is 89.8 Å². The first-order valence-corrected chi connectivity index (χ1v) is 17.4. The molecule has 2 aromatic heterocycles. The second-order valence-corrected chi connectivity index (χ2v) is 13.6. The van der Waals surface area contributed by atoms with Crippen LogP contribution in [0.4, 0.5) is 17.1 Å². The van der Waals surface area contributed by atoms with Crippen LogP contribution in [0.5, 0.6) is 0 Å². The van der Waals surface area contributed by atoms with Gasteiger partial charge >= 0.3 is 0 Å². The van der Waals surface area contributed by atoms with Crippen molar-refractivity contribution in [3.63, 3.8) is 0 Å². The molecule has 7 nitrogen and oxygen atoms in total. The summed E-state index contributed by atoms with van der Waals surface area (Å²) in [5.74, 6) is -0.254. The number of rotatable bonds is 6. The zero-order chi connectivity index (χ0) is 38.9. The van der Waals surface area contributed by atoms with E-state index in [-0.39, 0.29) is 19.0 Å². The van der Waals surface area contributed by atoms with Gasteiger partial charge in [-0.2, -0.15) is 0 Å². The average Bonchev–Trinajstić information content (AvgIpc) is 3.07. The molecule has 2 heterocycles. The molecule has 0 aliphatic rings. The number of hydrogen-bond donors (Lipinski definition) is 1. The van der Waals surface area contributed by atoms with E-state index in [1.54, 1.807) is 18.2 Å². The first-order valence-electron chi connectivity index (χ1n) is 17.4. The summed E-state index contributed by atoms with van der Waals surface area (Å²) in [6, 6.07) is 23.8. The molecule has 3 aromatic carbocycles. The summed E-state index contributed by atoms with van der Waals surface area (Å²) >= 11 is 0. The van der Waals surface area contributed by atoms with E-state index in [1.807, 2.05) is 45.9 Å². The van der Waals surface area contributed by atoms with Gasteiger partial charge in [-0.05, 0) is 134 Å². The van der Waals surface area contributed by atoms with E-state index in [0.29, 0.717) is 11.4 Å². The number of aromatic nitrogens is 2. The third-order valence-corrected chi connectivity index (χ3v) is 8.53. The van der Waals surface area contributed by atoms with Gasteiger partial charge in [-0.1, -0.05) is 72.6 Å². The largest absolute Gasteiger partial charge is 0.398 e. The van der Waals surface area contributed by atoms with E-state index in [4.69, 9.17) is 20.7 Å². The van der Waals surface area contributed by atoms with Crippen LogP contribution in [-0.2, 0) is 0 Å². The van der Waals surface area contributed by atoms with Gasteiger partial charge in [-0.25, -0.2) is 9.97 Å². The third kappa shape index (κ3) is 12.3. The lowest BCUT2D eigenvalue weighted by molar-refractivity contribution is 0.101. The van der Waals surface area contributed by atoms with Crippen molar-refractivity contribution in [1.82, 2.24) is 9.97 Å². The van der Waals surface area contributed by atoms with Crippen molar-refractivity contribution >= 4 is 40.1 Å². The monoisotopic (exact) mass is 711 g/mol. The van der Waals surface area contributed by atoms with Crippen molar-refractivity contribution in [2.24, 2.45) is 9.98 Å². The minimum Gasteiger partial charge on any atom is -0.398 e. The quantitative estimate of drug-likeness (QED) is 0.107.